The molecule has 0 aliphatic heterocycles. The highest BCUT2D eigenvalue weighted by Crippen LogP contribution is 2.37. The Balaban J connectivity index is 1.67. The van der Waals surface area contributed by atoms with Gasteiger partial charge >= 0.3 is 0 Å². The van der Waals surface area contributed by atoms with E-state index in [-0.39, 0.29) is 12.4 Å². The van der Waals surface area contributed by atoms with Crippen LogP contribution in [0.25, 0.3) is 0 Å². The van der Waals surface area contributed by atoms with E-state index in [1.807, 2.05) is 31.2 Å². The van der Waals surface area contributed by atoms with E-state index < -0.39 is 0 Å². The van der Waals surface area contributed by atoms with E-state index >= 15 is 0 Å². The smallest absolute Gasteiger partial charge is 0.180 e. The SMILES string of the molecule is CCOc1cc(CNCc2ccncc2)cc(Cl)c1OCc1ccc(F)cc1. The monoisotopic (exact) mass is 400 g/mol. The Morgan fingerprint density at radius 1 is 0.929 bits per heavy atom. The molecule has 0 radical (unpaired) electrons. The van der Waals surface area contributed by atoms with Crippen LogP contribution in [0.4, 0.5) is 4.39 Å². The number of aromatic nitrogens is 1. The molecule has 0 saturated carbocycles. The standard InChI is InChI=1S/C22H22ClFN2O2/c1-2-27-21-12-18(14-26-13-16-7-9-25-10-8-16)11-20(23)22(21)28-15-17-3-5-19(24)6-4-17/h3-12,26H,2,13-15H2,1H3. The van der Waals surface area contributed by atoms with Crippen molar-refractivity contribution in [3.63, 3.8) is 0 Å². The zero-order valence-electron chi connectivity index (χ0n) is 15.6. The maximum Gasteiger partial charge on any atom is 0.180 e. The second-order valence-corrected chi connectivity index (χ2v) is 6.62. The van der Waals surface area contributed by atoms with Crippen molar-refractivity contribution in [2.75, 3.05) is 6.61 Å². The first-order valence-corrected chi connectivity index (χ1v) is 9.45. The van der Waals surface area contributed by atoms with Crippen molar-refractivity contribution in [1.29, 1.82) is 0 Å². The highest BCUT2D eigenvalue weighted by Gasteiger charge is 2.13. The number of hydrogen-bond donors (Lipinski definition) is 1. The maximum absolute atomic E-state index is 13.0. The van der Waals surface area contributed by atoms with Gasteiger partial charge in [0, 0.05) is 25.5 Å². The summed E-state index contributed by atoms with van der Waals surface area (Å²) in [6.07, 6.45) is 3.54. The van der Waals surface area contributed by atoms with E-state index in [2.05, 4.69) is 10.3 Å². The number of hydrogen-bond acceptors (Lipinski definition) is 4. The summed E-state index contributed by atoms with van der Waals surface area (Å²) in [4.78, 5) is 4.01. The number of nitrogens with one attached hydrogen (secondary N) is 1. The predicted octanol–water partition coefficient (Wildman–Crippen LogP) is 5.14. The Morgan fingerprint density at radius 2 is 1.64 bits per heavy atom. The Hall–Kier alpha value is -2.63. The molecule has 2 aromatic carbocycles. The molecule has 3 aromatic rings. The number of rotatable bonds is 9. The number of ether oxygens (including phenoxy) is 2. The lowest BCUT2D eigenvalue weighted by atomic mass is 10.2. The van der Waals surface area contributed by atoms with E-state index in [1.165, 1.54) is 12.1 Å². The molecule has 0 fully saturated rings. The molecular weight excluding hydrogens is 379 g/mol. The van der Waals surface area contributed by atoms with Crippen LogP contribution in [0, 0.1) is 5.82 Å². The van der Waals surface area contributed by atoms with Gasteiger partial charge in [0.1, 0.15) is 12.4 Å². The van der Waals surface area contributed by atoms with Crippen molar-refractivity contribution in [2.24, 2.45) is 0 Å². The van der Waals surface area contributed by atoms with Crippen LogP contribution in [0.15, 0.2) is 60.9 Å². The van der Waals surface area contributed by atoms with Gasteiger partial charge in [0.25, 0.3) is 0 Å². The maximum atomic E-state index is 13.0. The Bertz CT molecular complexity index is 889. The quantitative estimate of drug-likeness (QED) is 0.540. The van der Waals surface area contributed by atoms with Crippen LogP contribution in [0.1, 0.15) is 23.6 Å². The topological polar surface area (TPSA) is 43.4 Å². The first-order valence-electron chi connectivity index (χ1n) is 9.07. The van der Waals surface area contributed by atoms with Gasteiger partial charge in [-0.3, -0.25) is 4.98 Å². The van der Waals surface area contributed by atoms with E-state index in [9.17, 15) is 4.39 Å². The average molecular weight is 401 g/mol. The lowest BCUT2D eigenvalue weighted by Crippen LogP contribution is -2.13. The summed E-state index contributed by atoms with van der Waals surface area (Å²) in [6.45, 7) is 4.05. The molecule has 0 bridgehead atoms. The van der Waals surface area contributed by atoms with Crippen molar-refractivity contribution in [3.05, 3.63) is 88.5 Å². The minimum absolute atomic E-state index is 0.277. The fourth-order valence-electron chi connectivity index (χ4n) is 2.71. The minimum atomic E-state index is -0.277. The largest absolute Gasteiger partial charge is 0.490 e. The van der Waals surface area contributed by atoms with Crippen LogP contribution < -0.4 is 14.8 Å². The fraction of sp³-hybridized carbons (Fsp3) is 0.227. The third-order valence-corrected chi connectivity index (χ3v) is 4.35. The second kappa shape index (κ2) is 10.1. The van der Waals surface area contributed by atoms with Gasteiger partial charge in [0.2, 0.25) is 0 Å². The summed E-state index contributed by atoms with van der Waals surface area (Å²) in [5, 5.41) is 3.86. The van der Waals surface area contributed by atoms with Crippen LogP contribution in [0.2, 0.25) is 5.02 Å². The molecule has 1 heterocycles. The van der Waals surface area contributed by atoms with Crippen LogP contribution >= 0.6 is 11.6 Å². The number of nitrogens with zero attached hydrogens (tertiary/aromatic N) is 1. The molecule has 0 atom stereocenters. The van der Waals surface area contributed by atoms with Crippen LogP contribution in [0.5, 0.6) is 11.5 Å². The zero-order chi connectivity index (χ0) is 19.8. The second-order valence-electron chi connectivity index (χ2n) is 6.21. The van der Waals surface area contributed by atoms with Gasteiger partial charge in [-0.1, -0.05) is 23.7 Å². The normalized spacial score (nSPS) is 10.7. The molecule has 1 aromatic heterocycles. The van der Waals surface area contributed by atoms with Crippen molar-refractivity contribution in [2.45, 2.75) is 26.6 Å². The van der Waals surface area contributed by atoms with Crippen molar-refractivity contribution in [1.82, 2.24) is 10.3 Å². The molecule has 0 spiro atoms. The van der Waals surface area contributed by atoms with Crippen LogP contribution in [-0.4, -0.2) is 11.6 Å². The van der Waals surface area contributed by atoms with E-state index in [4.69, 9.17) is 21.1 Å². The minimum Gasteiger partial charge on any atom is -0.490 e. The molecule has 28 heavy (non-hydrogen) atoms. The molecule has 3 rings (SSSR count). The van der Waals surface area contributed by atoms with E-state index in [0.717, 1.165) is 23.2 Å². The lowest BCUT2D eigenvalue weighted by Gasteiger charge is -2.16. The van der Waals surface area contributed by atoms with Crippen molar-refractivity contribution in [3.8, 4) is 11.5 Å². The summed E-state index contributed by atoms with van der Waals surface area (Å²) < 4.78 is 24.6. The van der Waals surface area contributed by atoms with E-state index in [1.54, 1.807) is 24.5 Å². The highest BCUT2D eigenvalue weighted by atomic mass is 35.5. The zero-order valence-corrected chi connectivity index (χ0v) is 16.4. The molecule has 6 heteroatoms. The molecule has 1 N–H and O–H groups in total. The Morgan fingerprint density at radius 3 is 2.36 bits per heavy atom. The molecule has 0 unspecified atom stereocenters. The third-order valence-electron chi connectivity index (χ3n) is 4.07. The summed E-state index contributed by atoms with van der Waals surface area (Å²) in [5.74, 6) is 0.809. The van der Waals surface area contributed by atoms with Crippen LogP contribution in [0.3, 0.4) is 0 Å². The van der Waals surface area contributed by atoms with Gasteiger partial charge in [-0.05, 0) is 60.0 Å². The molecule has 4 nitrogen and oxygen atoms in total. The lowest BCUT2D eigenvalue weighted by molar-refractivity contribution is 0.269. The summed E-state index contributed by atoms with van der Waals surface area (Å²) in [5.41, 5.74) is 3.00. The first kappa shape index (κ1) is 20.1. The predicted molar refractivity (Wildman–Crippen MR) is 108 cm³/mol. The van der Waals surface area contributed by atoms with E-state index in [0.29, 0.717) is 29.7 Å². The first-order chi connectivity index (χ1) is 13.7. The van der Waals surface area contributed by atoms with Gasteiger partial charge in [-0.25, -0.2) is 4.39 Å². The summed E-state index contributed by atoms with van der Waals surface area (Å²) in [6, 6.07) is 13.9. The van der Waals surface area contributed by atoms with Crippen molar-refractivity contribution >= 4 is 11.6 Å². The number of benzene rings is 2. The third kappa shape index (κ3) is 5.68. The Labute approximate surface area is 169 Å². The number of pyridine rings is 1. The highest BCUT2D eigenvalue weighted by molar-refractivity contribution is 6.32. The van der Waals surface area contributed by atoms with Gasteiger partial charge in [0.15, 0.2) is 11.5 Å². The summed E-state index contributed by atoms with van der Waals surface area (Å²) in [7, 11) is 0. The van der Waals surface area contributed by atoms with Gasteiger partial charge in [-0.15, -0.1) is 0 Å². The fourth-order valence-corrected chi connectivity index (χ4v) is 3.00. The molecule has 0 aliphatic rings. The van der Waals surface area contributed by atoms with Crippen molar-refractivity contribution < 1.29 is 13.9 Å². The Kier molecular flexibility index (Phi) is 7.23. The molecule has 0 amide bonds. The number of halogens is 2. The molecule has 0 saturated heterocycles. The molecule has 146 valence electrons. The average Bonchev–Trinajstić information content (AvgIpc) is 2.70. The van der Waals surface area contributed by atoms with Gasteiger partial charge in [-0.2, -0.15) is 0 Å². The van der Waals surface area contributed by atoms with Crippen LogP contribution in [-0.2, 0) is 19.7 Å². The summed E-state index contributed by atoms with van der Waals surface area (Å²) >= 11 is 6.46. The van der Waals surface area contributed by atoms with Gasteiger partial charge < -0.3 is 14.8 Å². The molecule has 0 aliphatic carbocycles. The molecular formula is C22H22ClFN2O2. The van der Waals surface area contributed by atoms with Gasteiger partial charge in [0.05, 0.1) is 11.6 Å².